The minimum Gasteiger partial charge on any atom is -0.207 e. The summed E-state index contributed by atoms with van der Waals surface area (Å²) in [6.07, 6.45) is 15.2. The third kappa shape index (κ3) is 7.01. The maximum atomic E-state index is 14.8. The monoisotopic (exact) mass is 468 g/mol. The van der Waals surface area contributed by atoms with E-state index in [0.29, 0.717) is 11.5 Å². The Labute approximate surface area is 201 Å². The summed E-state index contributed by atoms with van der Waals surface area (Å²) < 4.78 is 28.0. The lowest BCUT2D eigenvalue weighted by molar-refractivity contribution is 0.280. The Balaban J connectivity index is 1.19. The molecule has 2 aliphatic rings. The van der Waals surface area contributed by atoms with Crippen molar-refractivity contribution < 1.29 is 8.78 Å². The van der Waals surface area contributed by atoms with Gasteiger partial charge in [-0.2, -0.15) is 0 Å². The number of halogens is 2. The van der Waals surface area contributed by atoms with Crippen molar-refractivity contribution >= 4 is 8.80 Å². The summed E-state index contributed by atoms with van der Waals surface area (Å²) in [5.41, 5.74) is 2.44. The fourth-order valence-corrected chi connectivity index (χ4v) is 10.0. The molecule has 33 heavy (non-hydrogen) atoms. The summed E-state index contributed by atoms with van der Waals surface area (Å²) in [6.45, 7) is 2.32. The van der Waals surface area contributed by atoms with Crippen LogP contribution in [0, 0.1) is 23.5 Å². The third-order valence-corrected chi connectivity index (χ3v) is 12.2. The van der Waals surface area contributed by atoms with Crippen LogP contribution in [-0.2, 0) is 0 Å². The second kappa shape index (κ2) is 12.3. The standard InChI is InChI=1S/C30H42F2Si/c1-2-3-4-19-33-20-17-24(18-21-33)6-5-23-7-9-25(10-8-23)27-13-16-29(30(32)22-27)26-11-14-28(31)15-12-26/h11-16,22-25,33H,2-10,17-21H2,1H3/t23-,24?,25-,33?. The van der Waals surface area contributed by atoms with Crippen molar-refractivity contribution in [3.05, 3.63) is 59.7 Å². The Hall–Kier alpha value is -1.48. The van der Waals surface area contributed by atoms with E-state index in [1.54, 1.807) is 36.3 Å². The Morgan fingerprint density at radius 3 is 2.09 bits per heavy atom. The zero-order valence-electron chi connectivity index (χ0n) is 20.5. The second-order valence-corrected chi connectivity index (χ2v) is 14.4. The van der Waals surface area contributed by atoms with Gasteiger partial charge in [0.25, 0.3) is 0 Å². The van der Waals surface area contributed by atoms with Gasteiger partial charge < -0.3 is 0 Å². The lowest BCUT2D eigenvalue weighted by Crippen LogP contribution is -2.22. The molecule has 0 aromatic heterocycles. The van der Waals surface area contributed by atoms with E-state index in [2.05, 4.69) is 13.0 Å². The maximum absolute atomic E-state index is 14.8. The molecule has 2 aromatic carbocycles. The lowest BCUT2D eigenvalue weighted by Gasteiger charge is -2.32. The third-order valence-electron chi connectivity index (χ3n) is 8.63. The first kappa shape index (κ1) is 24.6. The van der Waals surface area contributed by atoms with Gasteiger partial charge in [0.1, 0.15) is 11.6 Å². The highest BCUT2D eigenvalue weighted by molar-refractivity contribution is 6.58. The van der Waals surface area contributed by atoms with E-state index < -0.39 is 0 Å². The zero-order chi connectivity index (χ0) is 23.0. The smallest absolute Gasteiger partial charge is 0.131 e. The van der Waals surface area contributed by atoms with E-state index in [4.69, 9.17) is 0 Å². The quantitative estimate of drug-likeness (QED) is 0.254. The molecule has 0 unspecified atom stereocenters. The van der Waals surface area contributed by atoms with Crippen molar-refractivity contribution in [3.63, 3.8) is 0 Å². The molecule has 3 heteroatoms. The summed E-state index contributed by atoms with van der Waals surface area (Å²) in [5, 5.41) is 0. The molecule has 2 aromatic rings. The lowest BCUT2D eigenvalue weighted by atomic mass is 9.76. The molecule has 0 spiro atoms. The van der Waals surface area contributed by atoms with E-state index in [1.807, 2.05) is 6.07 Å². The van der Waals surface area contributed by atoms with Crippen LogP contribution in [0.5, 0.6) is 0 Å². The molecule has 1 aliphatic heterocycles. The molecule has 0 radical (unpaired) electrons. The number of benzene rings is 2. The number of hydrogen-bond acceptors (Lipinski definition) is 0. The molecule has 0 amide bonds. The summed E-state index contributed by atoms with van der Waals surface area (Å²) in [7, 11) is -0.376. The second-order valence-electron chi connectivity index (χ2n) is 10.9. The van der Waals surface area contributed by atoms with Gasteiger partial charge >= 0.3 is 0 Å². The molecule has 1 saturated carbocycles. The molecule has 0 atom stereocenters. The molecule has 4 rings (SSSR count). The highest BCUT2D eigenvalue weighted by Crippen LogP contribution is 2.40. The maximum Gasteiger partial charge on any atom is 0.131 e. The van der Waals surface area contributed by atoms with Gasteiger partial charge in [0, 0.05) is 14.4 Å². The van der Waals surface area contributed by atoms with E-state index >= 15 is 0 Å². The van der Waals surface area contributed by atoms with Crippen LogP contribution in [0.3, 0.4) is 0 Å². The van der Waals surface area contributed by atoms with Crippen LogP contribution < -0.4 is 0 Å². The van der Waals surface area contributed by atoms with Gasteiger partial charge in [-0.15, -0.1) is 0 Å². The largest absolute Gasteiger partial charge is 0.207 e. The molecular weight excluding hydrogens is 426 g/mol. The van der Waals surface area contributed by atoms with Crippen molar-refractivity contribution in [1.29, 1.82) is 0 Å². The Morgan fingerprint density at radius 2 is 1.45 bits per heavy atom. The Morgan fingerprint density at radius 1 is 0.788 bits per heavy atom. The van der Waals surface area contributed by atoms with Crippen LogP contribution in [0.2, 0.25) is 18.1 Å². The topological polar surface area (TPSA) is 0 Å². The van der Waals surface area contributed by atoms with Crippen molar-refractivity contribution in [2.75, 3.05) is 0 Å². The first-order valence-electron chi connectivity index (χ1n) is 13.7. The van der Waals surface area contributed by atoms with Gasteiger partial charge in [-0.05, 0) is 72.8 Å². The molecular formula is C30H42F2Si. The fourth-order valence-electron chi connectivity index (χ4n) is 6.40. The van der Waals surface area contributed by atoms with Crippen LogP contribution >= 0.6 is 0 Å². The average Bonchev–Trinajstić information content (AvgIpc) is 2.85. The first-order valence-corrected chi connectivity index (χ1v) is 16.1. The highest BCUT2D eigenvalue weighted by Gasteiger charge is 2.26. The molecule has 1 aliphatic carbocycles. The van der Waals surface area contributed by atoms with Crippen molar-refractivity contribution in [1.82, 2.24) is 0 Å². The Bertz CT molecular complexity index is 846. The van der Waals surface area contributed by atoms with Crippen LogP contribution in [0.4, 0.5) is 8.78 Å². The van der Waals surface area contributed by atoms with E-state index in [0.717, 1.165) is 23.0 Å². The average molecular weight is 469 g/mol. The number of unbranched alkanes of at least 4 members (excludes halogenated alkanes) is 2. The van der Waals surface area contributed by atoms with Crippen LogP contribution in [-0.4, -0.2) is 8.80 Å². The Kier molecular flexibility index (Phi) is 9.17. The molecule has 0 N–H and O–H groups in total. The van der Waals surface area contributed by atoms with E-state index in [-0.39, 0.29) is 20.4 Å². The van der Waals surface area contributed by atoms with Gasteiger partial charge in [0.05, 0.1) is 0 Å². The van der Waals surface area contributed by atoms with Gasteiger partial charge in [-0.25, -0.2) is 8.78 Å². The first-order chi connectivity index (χ1) is 16.1. The van der Waals surface area contributed by atoms with Gasteiger partial charge in [-0.3, -0.25) is 0 Å². The summed E-state index contributed by atoms with van der Waals surface area (Å²) in [5.74, 6) is 1.90. The fraction of sp³-hybridized carbons (Fsp3) is 0.600. The van der Waals surface area contributed by atoms with E-state index in [9.17, 15) is 8.78 Å². The highest BCUT2D eigenvalue weighted by atomic mass is 28.3. The minimum absolute atomic E-state index is 0.185. The molecule has 1 saturated heterocycles. The SMILES string of the molecule is CCCCC[SiH]1CCC(CC[C@H]2CC[C@H](c3ccc(-c4ccc(F)cc4)c(F)c3)CC2)CC1. The zero-order valence-corrected chi connectivity index (χ0v) is 21.7. The molecule has 0 bridgehead atoms. The molecule has 180 valence electrons. The van der Waals surface area contributed by atoms with Gasteiger partial charge in [-0.1, -0.05) is 94.3 Å². The van der Waals surface area contributed by atoms with Crippen LogP contribution in [0.25, 0.3) is 11.1 Å². The van der Waals surface area contributed by atoms with Gasteiger partial charge in [0.2, 0.25) is 0 Å². The molecule has 0 nitrogen and oxygen atoms in total. The summed E-state index contributed by atoms with van der Waals surface area (Å²) in [4.78, 5) is 0. The van der Waals surface area contributed by atoms with Crippen LogP contribution in [0.15, 0.2) is 42.5 Å². The van der Waals surface area contributed by atoms with Gasteiger partial charge in [0.15, 0.2) is 0 Å². The summed E-state index contributed by atoms with van der Waals surface area (Å²) >= 11 is 0. The van der Waals surface area contributed by atoms with Crippen molar-refractivity contribution in [3.8, 4) is 11.1 Å². The molecule has 1 heterocycles. The number of hydrogen-bond donors (Lipinski definition) is 0. The number of rotatable bonds is 9. The molecule has 2 fully saturated rings. The summed E-state index contributed by atoms with van der Waals surface area (Å²) in [6, 6.07) is 16.6. The van der Waals surface area contributed by atoms with Crippen molar-refractivity contribution in [2.45, 2.75) is 102 Å². The predicted molar refractivity (Wildman–Crippen MR) is 140 cm³/mol. The minimum atomic E-state index is -0.376. The van der Waals surface area contributed by atoms with E-state index in [1.165, 1.54) is 82.8 Å². The van der Waals surface area contributed by atoms with Crippen LogP contribution in [0.1, 0.15) is 89.0 Å². The predicted octanol–water partition coefficient (Wildman–Crippen LogP) is 9.51. The van der Waals surface area contributed by atoms with Crippen molar-refractivity contribution in [2.24, 2.45) is 11.8 Å². The normalized spacial score (nSPS) is 25.8.